The minimum Gasteiger partial charge on any atom is -0.326 e. The highest BCUT2D eigenvalue weighted by Gasteiger charge is 2.36. The first kappa shape index (κ1) is 12.9. The van der Waals surface area contributed by atoms with E-state index in [1.807, 2.05) is 0 Å². The van der Waals surface area contributed by atoms with Crippen molar-refractivity contribution in [3.63, 3.8) is 0 Å². The maximum atomic E-state index is 12.0. The molecule has 0 bridgehead atoms. The first-order valence-electron chi connectivity index (χ1n) is 4.19. The van der Waals surface area contributed by atoms with Crippen LogP contribution in [0, 0.1) is 0 Å². The molecule has 1 heterocycles. The van der Waals surface area contributed by atoms with E-state index < -0.39 is 26.8 Å². The average molecular weight is 254 g/mol. The van der Waals surface area contributed by atoms with Crippen molar-refractivity contribution in [1.29, 1.82) is 0 Å². The Balaban J connectivity index is 3.08. The van der Waals surface area contributed by atoms with Gasteiger partial charge in [0.25, 0.3) is 0 Å². The summed E-state index contributed by atoms with van der Waals surface area (Å²) in [4.78, 5) is 3.40. The fourth-order valence-corrected chi connectivity index (χ4v) is 2.17. The van der Waals surface area contributed by atoms with Gasteiger partial charge in [-0.05, 0) is 17.7 Å². The van der Waals surface area contributed by atoms with Crippen LogP contribution in [0.3, 0.4) is 0 Å². The van der Waals surface area contributed by atoms with E-state index in [4.69, 9.17) is 5.73 Å². The molecule has 1 aromatic rings. The molecule has 2 N–H and O–H groups in total. The van der Waals surface area contributed by atoms with Gasteiger partial charge in [-0.2, -0.15) is 13.2 Å². The molecule has 8 heteroatoms. The quantitative estimate of drug-likeness (QED) is 0.868. The monoisotopic (exact) mass is 254 g/mol. The van der Waals surface area contributed by atoms with E-state index in [2.05, 4.69) is 4.98 Å². The lowest BCUT2D eigenvalue weighted by atomic mass is 10.3. The smallest absolute Gasteiger partial charge is 0.326 e. The zero-order valence-electron chi connectivity index (χ0n) is 8.03. The summed E-state index contributed by atoms with van der Waals surface area (Å²) < 4.78 is 58.5. The van der Waals surface area contributed by atoms with Crippen molar-refractivity contribution in [2.24, 2.45) is 5.73 Å². The third-order valence-electron chi connectivity index (χ3n) is 1.71. The molecule has 1 aromatic heterocycles. The zero-order valence-corrected chi connectivity index (χ0v) is 8.85. The molecule has 0 radical (unpaired) electrons. The van der Waals surface area contributed by atoms with Crippen LogP contribution in [0.5, 0.6) is 0 Å². The fourth-order valence-electron chi connectivity index (χ4n) is 1.04. The molecule has 0 atom stereocenters. The molecule has 0 amide bonds. The number of nitrogens with zero attached hydrogens (tertiary/aromatic N) is 1. The maximum Gasteiger partial charge on any atom is 0.403 e. The molecule has 0 aliphatic heterocycles. The van der Waals surface area contributed by atoms with E-state index in [0.29, 0.717) is 5.56 Å². The molecule has 90 valence electrons. The van der Waals surface area contributed by atoms with Gasteiger partial charge in [0, 0.05) is 12.7 Å². The number of hydrogen-bond acceptors (Lipinski definition) is 4. The summed E-state index contributed by atoms with van der Waals surface area (Å²) in [7, 11) is -4.44. The van der Waals surface area contributed by atoms with E-state index in [0.717, 1.165) is 12.3 Å². The molecular weight excluding hydrogens is 245 g/mol. The summed E-state index contributed by atoms with van der Waals surface area (Å²) in [6, 6.07) is 2.48. The number of aromatic nitrogens is 1. The molecule has 0 fully saturated rings. The third-order valence-corrected chi connectivity index (χ3v) is 3.28. The van der Waals surface area contributed by atoms with Crippen LogP contribution in [-0.2, 0) is 16.4 Å². The number of alkyl halides is 3. The Morgan fingerprint density at radius 2 is 2.00 bits per heavy atom. The highest BCUT2D eigenvalue weighted by molar-refractivity contribution is 7.91. The van der Waals surface area contributed by atoms with Crippen LogP contribution < -0.4 is 5.73 Å². The number of nitrogens with two attached hydrogens (primary N) is 1. The summed E-state index contributed by atoms with van der Waals surface area (Å²) in [6.07, 6.45) is -3.66. The highest BCUT2D eigenvalue weighted by Crippen LogP contribution is 2.21. The molecule has 0 unspecified atom stereocenters. The highest BCUT2D eigenvalue weighted by atomic mass is 32.2. The lowest BCUT2D eigenvalue weighted by Gasteiger charge is -2.07. The number of hydrogen-bond donors (Lipinski definition) is 1. The van der Waals surface area contributed by atoms with Crippen molar-refractivity contribution in [1.82, 2.24) is 4.98 Å². The second-order valence-corrected chi connectivity index (χ2v) is 5.02. The largest absolute Gasteiger partial charge is 0.403 e. The van der Waals surface area contributed by atoms with Crippen LogP contribution in [0.4, 0.5) is 13.2 Å². The van der Waals surface area contributed by atoms with Crippen molar-refractivity contribution >= 4 is 9.84 Å². The van der Waals surface area contributed by atoms with Gasteiger partial charge in [-0.3, -0.25) is 0 Å². The van der Waals surface area contributed by atoms with Gasteiger partial charge in [0.2, 0.25) is 9.84 Å². The van der Waals surface area contributed by atoms with Crippen molar-refractivity contribution in [2.75, 3.05) is 5.75 Å². The lowest BCUT2D eigenvalue weighted by molar-refractivity contribution is -0.106. The maximum absolute atomic E-state index is 12.0. The SMILES string of the molecule is NCc1ccnc(S(=O)(=O)CC(F)(F)F)c1. The normalized spacial score (nSPS) is 12.8. The summed E-state index contributed by atoms with van der Waals surface area (Å²) in [6.45, 7) is 0.0387. The zero-order chi connectivity index (χ0) is 12.4. The van der Waals surface area contributed by atoms with Crippen LogP contribution in [0.15, 0.2) is 23.4 Å². The molecule has 1 rings (SSSR count). The molecule has 0 aliphatic rings. The Bertz CT molecular complexity index is 470. The molecule has 0 spiro atoms. The van der Waals surface area contributed by atoms with Gasteiger partial charge in [0.15, 0.2) is 10.8 Å². The topological polar surface area (TPSA) is 73.0 Å². The second-order valence-electron chi connectivity index (χ2n) is 3.08. The Morgan fingerprint density at radius 3 is 2.50 bits per heavy atom. The molecule has 0 aliphatic carbocycles. The van der Waals surface area contributed by atoms with Gasteiger partial charge < -0.3 is 5.73 Å². The first-order valence-corrected chi connectivity index (χ1v) is 5.84. The van der Waals surface area contributed by atoms with Crippen LogP contribution >= 0.6 is 0 Å². The van der Waals surface area contributed by atoms with Gasteiger partial charge in [0.05, 0.1) is 0 Å². The minimum atomic E-state index is -4.78. The predicted molar refractivity (Wildman–Crippen MR) is 50.2 cm³/mol. The predicted octanol–water partition coefficient (Wildman–Crippen LogP) is 0.876. The van der Waals surface area contributed by atoms with Crippen molar-refractivity contribution in [2.45, 2.75) is 17.7 Å². The molecule has 4 nitrogen and oxygen atoms in total. The molecule has 0 saturated carbocycles. The lowest BCUT2D eigenvalue weighted by Crippen LogP contribution is -2.23. The van der Waals surface area contributed by atoms with Crippen LogP contribution in [0.25, 0.3) is 0 Å². The Hall–Kier alpha value is -1.15. The summed E-state index contributed by atoms with van der Waals surface area (Å²) in [5.41, 5.74) is 5.66. The van der Waals surface area contributed by atoms with Gasteiger partial charge >= 0.3 is 6.18 Å². The van der Waals surface area contributed by atoms with Crippen molar-refractivity contribution in [3.05, 3.63) is 23.9 Å². The van der Waals surface area contributed by atoms with E-state index in [1.165, 1.54) is 6.07 Å². The summed E-state index contributed by atoms with van der Waals surface area (Å²) >= 11 is 0. The third kappa shape index (κ3) is 3.46. The van der Waals surface area contributed by atoms with Gasteiger partial charge in [-0.1, -0.05) is 0 Å². The number of halogens is 3. The molecular formula is C8H9F3N2O2S. The van der Waals surface area contributed by atoms with Crippen LogP contribution in [-0.4, -0.2) is 25.3 Å². The number of sulfone groups is 1. The van der Waals surface area contributed by atoms with Crippen molar-refractivity contribution < 1.29 is 21.6 Å². The van der Waals surface area contributed by atoms with Crippen LogP contribution in [0.1, 0.15) is 5.56 Å². The fraction of sp³-hybridized carbons (Fsp3) is 0.375. The average Bonchev–Trinajstić information content (AvgIpc) is 2.14. The summed E-state index contributed by atoms with van der Waals surface area (Å²) in [5.74, 6) is -1.92. The molecule has 0 aromatic carbocycles. The van der Waals surface area contributed by atoms with E-state index in [1.54, 1.807) is 0 Å². The Labute approximate surface area is 90.2 Å². The van der Waals surface area contributed by atoms with E-state index >= 15 is 0 Å². The minimum absolute atomic E-state index is 0.0387. The van der Waals surface area contributed by atoms with Gasteiger partial charge in [-0.15, -0.1) is 0 Å². The summed E-state index contributed by atoms with van der Waals surface area (Å²) in [5, 5.41) is -0.604. The van der Waals surface area contributed by atoms with E-state index in [-0.39, 0.29) is 6.54 Å². The Kier molecular flexibility index (Phi) is 3.54. The van der Waals surface area contributed by atoms with Crippen LogP contribution in [0.2, 0.25) is 0 Å². The van der Waals surface area contributed by atoms with E-state index in [9.17, 15) is 21.6 Å². The number of rotatable bonds is 3. The van der Waals surface area contributed by atoms with Gasteiger partial charge in [-0.25, -0.2) is 13.4 Å². The van der Waals surface area contributed by atoms with Crippen molar-refractivity contribution in [3.8, 4) is 0 Å². The van der Waals surface area contributed by atoms with Gasteiger partial charge in [0.1, 0.15) is 0 Å². The molecule has 16 heavy (non-hydrogen) atoms. The number of pyridine rings is 1. The second kappa shape index (κ2) is 4.38. The Morgan fingerprint density at radius 1 is 1.38 bits per heavy atom. The first-order chi connectivity index (χ1) is 7.24. The molecule has 0 saturated heterocycles. The standard InChI is InChI=1S/C8H9F3N2O2S/c9-8(10,11)5-16(14,15)7-3-6(4-12)1-2-13-7/h1-3H,4-5,12H2.